The number of rotatable bonds is 6. The average Bonchev–Trinajstić information content (AvgIpc) is 2.53. The first-order valence-corrected chi connectivity index (χ1v) is 7.36. The van der Waals surface area contributed by atoms with Crippen LogP contribution in [0.1, 0.15) is 36.0 Å². The van der Waals surface area contributed by atoms with Crippen molar-refractivity contribution in [3.63, 3.8) is 0 Å². The Hall–Kier alpha value is -1.59. The summed E-state index contributed by atoms with van der Waals surface area (Å²) in [5, 5.41) is 6.22. The molecule has 122 valence electrons. The van der Waals surface area contributed by atoms with Gasteiger partial charge in [-0.15, -0.1) is 12.4 Å². The van der Waals surface area contributed by atoms with E-state index in [1.807, 2.05) is 0 Å². The number of methoxy groups -OCH3 is 1. The van der Waals surface area contributed by atoms with Crippen molar-refractivity contribution in [3.05, 3.63) is 29.8 Å². The molecule has 0 radical (unpaired) electrons. The maximum Gasteiger partial charge on any atom is 0.220 e. The molecule has 1 aliphatic heterocycles. The van der Waals surface area contributed by atoms with Crippen LogP contribution >= 0.6 is 12.4 Å². The van der Waals surface area contributed by atoms with Crippen molar-refractivity contribution in [1.29, 1.82) is 0 Å². The molecule has 1 aromatic rings. The average molecular weight is 327 g/mol. The Labute approximate surface area is 137 Å². The standard InChI is InChI=1S/C16H22N2O3.ClH/c1-21-14-6-4-12(5-7-14)15(19)8-9-16(20)18-13-3-2-10-17-11-13;/h4-7,13,17H,2-3,8-11H2,1H3,(H,18,20);1H. The van der Waals surface area contributed by atoms with Crippen LogP contribution in [0.15, 0.2) is 24.3 Å². The predicted molar refractivity (Wildman–Crippen MR) is 87.8 cm³/mol. The zero-order valence-electron chi connectivity index (χ0n) is 12.8. The summed E-state index contributed by atoms with van der Waals surface area (Å²) in [6, 6.07) is 7.15. The molecule has 1 heterocycles. The maximum absolute atomic E-state index is 12.0. The molecule has 1 unspecified atom stereocenters. The number of Topliss-reactive ketones (excluding diaryl/α,β-unsaturated/α-hetero) is 1. The molecule has 1 aromatic carbocycles. The summed E-state index contributed by atoms with van der Waals surface area (Å²) in [5.74, 6) is 0.647. The van der Waals surface area contributed by atoms with Crippen LogP contribution in [-0.2, 0) is 4.79 Å². The molecule has 1 atom stereocenters. The number of carbonyl (C=O) groups excluding carboxylic acids is 2. The van der Waals surface area contributed by atoms with E-state index in [4.69, 9.17) is 4.74 Å². The van der Waals surface area contributed by atoms with Crippen LogP contribution < -0.4 is 15.4 Å². The maximum atomic E-state index is 12.0. The van der Waals surface area contributed by atoms with Crippen molar-refractivity contribution >= 4 is 24.1 Å². The van der Waals surface area contributed by atoms with E-state index in [9.17, 15) is 9.59 Å². The van der Waals surface area contributed by atoms with E-state index in [0.717, 1.165) is 25.9 Å². The summed E-state index contributed by atoms with van der Waals surface area (Å²) < 4.78 is 5.05. The smallest absolute Gasteiger partial charge is 0.220 e. The van der Waals surface area contributed by atoms with E-state index in [1.54, 1.807) is 31.4 Å². The molecule has 2 rings (SSSR count). The second-order valence-corrected chi connectivity index (χ2v) is 5.26. The molecule has 0 aromatic heterocycles. The number of hydrogen-bond donors (Lipinski definition) is 2. The fourth-order valence-electron chi connectivity index (χ4n) is 2.42. The zero-order valence-corrected chi connectivity index (χ0v) is 13.6. The Morgan fingerprint density at radius 2 is 2.00 bits per heavy atom. The Bertz CT molecular complexity index is 485. The molecule has 22 heavy (non-hydrogen) atoms. The van der Waals surface area contributed by atoms with Crippen LogP contribution in [0.3, 0.4) is 0 Å². The molecular weight excluding hydrogens is 304 g/mol. The van der Waals surface area contributed by atoms with Gasteiger partial charge in [0.25, 0.3) is 0 Å². The summed E-state index contributed by atoms with van der Waals surface area (Å²) in [7, 11) is 1.58. The van der Waals surface area contributed by atoms with E-state index in [0.29, 0.717) is 11.3 Å². The number of nitrogens with one attached hydrogen (secondary N) is 2. The third-order valence-electron chi connectivity index (χ3n) is 3.65. The number of hydrogen-bond acceptors (Lipinski definition) is 4. The van der Waals surface area contributed by atoms with E-state index >= 15 is 0 Å². The van der Waals surface area contributed by atoms with Crippen molar-refractivity contribution in [2.75, 3.05) is 20.2 Å². The number of halogens is 1. The minimum atomic E-state index is -0.0504. The second kappa shape index (κ2) is 9.43. The first kappa shape index (κ1) is 18.5. The number of piperidine rings is 1. The summed E-state index contributed by atoms with van der Waals surface area (Å²) in [5.41, 5.74) is 0.614. The fraction of sp³-hybridized carbons (Fsp3) is 0.500. The van der Waals surface area contributed by atoms with Gasteiger partial charge in [-0.3, -0.25) is 9.59 Å². The highest BCUT2D eigenvalue weighted by Crippen LogP contribution is 2.13. The lowest BCUT2D eigenvalue weighted by Gasteiger charge is -2.23. The number of carbonyl (C=O) groups is 2. The lowest BCUT2D eigenvalue weighted by molar-refractivity contribution is -0.121. The van der Waals surface area contributed by atoms with Crippen molar-refractivity contribution in [3.8, 4) is 5.75 Å². The van der Waals surface area contributed by atoms with Gasteiger partial charge < -0.3 is 15.4 Å². The monoisotopic (exact) mass is 326 g/mol. The van der Waals surface area contributed by atoms with Crippen LogP contribution in [0.4, 0.5) is 0 Å². The Morgan fingerprint density at radius 3 is 2.59 bits per heavy atom. The summed E-state index contributed by atoms with van der Waals surface area (Å²) in [4.78, 5) is 23.8. The SMILES string of the molecule is COc1ccc(C(=O)CCC(=O)NC2CCCNC2)cc1.Cl. The highest BCUT2D eigenvalue weighted by Gasteiger charge is 2.16. The summed E-state index contributed by atoms with van der Waals surface area (Å²) >= 11 is 0. The number of ketones is 1. The van der Waals surface area contributed by atoms with Crippen molar-refractivity contribution in [2.45, 2.75) is 31.7 Å². The summed E-state index contributed by atoms with van der Waals surface area (Å²) in [6.07, 6.45) is 2.56. The van der Waals surface area contributed by atoms with Crippen LogP contribution in [-0.4, -0.2) is 37.9 Å². The molecule has 1 aliphatic rings. The molecule has 2 N–H and O–H groups in total. The quantitative estimate of drug-likeness (QED) is 0.784. The van der Waals surface area contributed by atoms with Crippen molar-refractivity contribution < 1.29 is 14.3 Å². The first-order chi connectivity index (χ1) is 10.2. The van der Waals surface area contributed by atoms with Gasteiger partial charge in [0.05, 0.1) is 7.11 Å². The predicted octanol–water partition coefficient (Wildman–Crippen LogP) is 1.95. The van der Waals surface area contributed by atoms with Crippen LogP contribution in [0.2, 0.25) is 0 Å². The van der Waals surface area contributed by atoms with Crippen molar-refractivity contribution in [2.24, 2.45) is 0 Å². The van der Waals surface area contributed by atoms with Gasteiger partial charge in [0.2, 0.25) is 5.91 Å². The fourth-order valence-corrected chi connectivity index (χ4v) is 2.42. The zero-order chi connectivity index (χ0) is 15.1. The van der Waals surface area contributed by atoms with Gasteiger partial charge >= 0.3 is 0 Å². The number of ether oxygens (including phenoxy) is 1. The van der Waals surface area contributed by atoms with Gasteiger partial charge in [-0.2, -0.15) is 0 Å². The van der Waals surface area contributed by atoms with Gasteiger partial charge in [-0.05, 0) is 43.7 Å². The normalized spacial score (nSPS) is 17.2. The number of benzene rings is 1. The Morgan fingerprint density at radius 1 is 1.27 bits per heavy atom. The number of amides is 1. The van der Waals surface area contributed by atoms with Crippen LogP contribution in [0, 0.1) is 0 Å². The largest absolute Gasteiger partial charge is 0.497 e. The minimum absolute atomic E-state index is 0. The third kappa shape index (κ3) is 5.66. The lowest BCUT2D eigenvalue weighted by atomic mass is 10.0. The highest BCUT2D eigenvalue weighted by molar-refractivity contribution is 5.98. The molecule has 0 bridgehead atoms. The molecule has 1 amide bonds. The molecule has 1 fully saturated rings. The van der Waals surface area contributed by atoms with E-state index in [-0.39, 0.29) is 43.0 Å². The Kier molecular flexibility index (Phi) is 7.91. The first-order valence-electron chi connectivity index (χ1n) is 7.36. The Balaban J connectivity index is 0.00000242. The van der Waals surface area contributed by atoms with Crippen LogP contribution in [0.25, 0.3) is 0 Å². The highest BCUT2D eigenvalue weighted by atomic mass is 35.5. The van der Waals surface area contributed by atoms with Gasteiger partial charge in [0.1, 0.15) is 5.75 Å². The molecule has 1 saturated heterocycles. The molecule has 0 spiro atoms. The van der Waals surface area contributed by atoms with Gasteiger partial charge in [-0.1, -0.05) is 0 Å². The van der Waals surface area contributed by atoms with E-state index in [1.165, 1.54) is 0 Å². The second-order valence-electron chi connectivity index (χ2n) is 5.26. The minimum Gasteiger partial charge on any atom is -0.497 e. The van der Waals surface area contributed by atoms with E-state index in [2.05, 4.69) is 10.6 Å². The molecule has 5 nitrogen and oxygen atoms in total. The topological polar surface area (TPSA) is 67.4 Å². The third-order valence-corrected chi connectivity index (χ3v) is 3.65. The summed E-state index contributed by atoms with van der Waals surface area (Å²) in [6.45, 7) is 1.83. The van der Waals surface area contributed by atoms with Crippen molar-refractivity contribution in [1.82, 2.24) is 10.6 Å². The van der Waals surface area contributed by atoms with Gasteiger partial charge in [0.15, 0.2) is 5.78 Å². The van der Waals surface area contributed by atoms with E-state index < -0.39 is 0 Å². The molecule has 6 heteroatoms. The van der Waals surface area contributed by atoms with Crippen LogP contribution in [0.5, 0.6) is 5.75 Å². The molecule has 0 aliphatic carbocycles. The lowest BCUT2D eigenvalue weighted by Crippen LogP contribution is -2.45. The molecule has 0 saturated carbocycles. The van der Waals surface area contributed by atoms with Gasteiger partial charge in [-0.25, -0.2) is 0 Å². The van der Waals surface area contributed by atoms with Gasteiger partial charge in [0, 0.05) is 31.0 Å². The molecular formula is C16H23ClN2O3.